The Labute approximate surface area is 153 Å². The van der Waals surface area contributed by atoms with Crippen LogP contribution in [-0.4, -0.2) is 22.5 Å². The molecule has 1 atom stereocenters. The van der Waals surface area contributed by atoms with Gasteiger partial charge in [-0.1, -0.05) is 31.2 Å². The summed E-state index contributed by atoms with van der Waals surface area (Å²) in [5, 5.41) is 9.29. The number of hydrogen-bond acceptors (Lipinski definition) is 3. The monoisotopic (exact) mass is 352 g/mol. The molecule has 1 N–H and O–H groups in total. The molecule has 2 aromatic carbocycles. The van der Waals surface area contributed by atoms with Crippen molar-refractivity contribution < 1.29 is 19.4 Å². The Morgan fingerprint density at radius 2 is 1.77 bits per heavy atom. The predicted molar refractivity (Wildman–Crippen MR) is 99.9 cm³/mol. The van der Waals surface area contributed by atoms with Crippen molar-refractivity contribution in [1.82, 2.24) is 0 Å². The summed E-state index contributed by atoms with van der Waals surface area (Å²) >= 11 is 0. The molecule has 4 heteroatoms. The average Bonchev–Trinajstić information content (AvgIpc) is 3.10. The Morgan fingerprint density at radius 3 is 2.42 bits per heavy atom. The van der Waals surface area contributed by atoms with Gasteiger partial charge in [0.15, 0.2) is 5.78 Å². The van der Waals surface area contributed by atoms with Crippen molar-refractivity contribution in [1.29, 1.82) is 0 Å². The summed E-state index contributed by atoms with van der Waals surface area (Å²) < 4.78 is 5.62. The van der Waals surface area contributed by atoms with Crippen LogP contribution in [-0.2, 0) is 24.1 Å². The van der Waals surface area contributed by atoms with Crippen LogP contribution in [0.2, 0.25) is 0 Å². The summed E-state index contributed by atoms with van der Waals surface area (Å²) in [4.78, 5) is 23.9. The Balaban J connectivity index is 1.67. The molecular weight excluding hydrogens is 328 g/mol. The molecule has 1 aliphatic carbocycles. The summed E-state index contributed by atoms with van der Waals surface area (Å²) in [5.41, 5.74) is 3.06. The standard InChI is InChI=1S/C22H24O4/c1-3-22(2,21(24)25)26-19-11-7-15(8-12-19)13-20(23)18-10-9-16-5-4-6-17(16)14-18/h7-12,14H,3-6,13H2,1-2H3,(H,24,25). The van der Waals surface area contributed by atoms with Gasteiger partial charge in [-0.3, -0.25) is 4.79 Å². The lowest BCUT2D eigenvalue weighted by Gasteiger charge is -2.24. The molecule has 1 aliphatic rings. The zero-order valence-corrected chi connectivity index (χ0v) is 15.2. The van der Waals surface area contributed by atoms with Crippen molar-refractivity contribution in [2.24, 2.45) is 0 Å². The van der Waals surface area contributed by atoms with Gasteiger partial charge >= 0.3 is 5.97 Å². The molecule has 0 fully saturated rings. The van der Waals surface area contributed by atoms with Gasteiger partial charge in [-0.25, -0.2) is 4.79 Å². The van der Waals surface area contributed by atoms with Crippen LogP contribution in [0.4, 0.5) is 0 Å². The number of carbonyl (C=O) groups excluding carboxylic acids is 1. The van der Waals surface area contributed by atoms with E-state index < -0.39 is 11.6 Å². The molecule has 4 nitrogen and oxygen atoms in total. The molecule has 0 saturated carbocycles. The van der Waals surface area contributed by atoms with Crippen LogP contribution < -0.4 is 4.74 Å². The smallest absolute Gasteiger partial charge is 0.347 e. The van der Waals surface area contributed by atoms with Gasteiger partial charge < -0.3 is 9.84 Å². The zero-order valence-electron chi connectivity index (χ0n) is 15.2. The minimum absolute atomic E-state index is 0.0947. The summed E-state index contributed by atoms with van der Waals surface area (Å²) in [5.74, 6) is -0.404. The van der Waals surface area contributed by atoms with Crippen molar-refractivity contribution in [3.63, 3.8) is 0 Å². The normalized spacial score (nSPS) is 15.2. The summed E-state index contributed by atoms with van der Waals surface area (Å²) in [6.45, 7) is 3.33. The van der Waals surface area contributed by atoms with Gasteiger partial charge in [0.05, 0.1) is 0 Å². The Kier molecular flexibility index (Phi) is 5.12. The molecule has 3 rings (SSSR count). The number of ether oxygens (including phenoxy) is 1. The lowest BCUT2D eigenvalue weighted by atomic mass is 9.99. The van der Waals surface area contributed by atoms with E-state index >= 15 is 0 Å². The lowest BCUT2D eigenvalue weighted by Crippen LogP contribution is -2.40. The number of carboxylic acid groups (broad SMARTS) is 1. The molecule has 26 heavy (non-hydrogen) atoms. The number of rotatable bonds is 7. The number of benzene rings is 2. The number of aryl methyl sites for hydroxylation is 2. The van der Waals surface area contributed by atoms with Crippen molar-refractivity contribution in [2.45, 2.75) is 51.6 Å². The number of aliphatic carboxylic acids is 1. The highest BCUT2D eigenvalue weighted by atomic mass is 16.5. The van der Waals surface area contributed by atoms with Crippen molar-refractivity contribution in [2.75, 3.05) is 0 Å². The molecule has 0 aromatic heterocycles. The van der Waals surface area contributed by atoms with Gasteiger partial charge in [-0.2, -0.15) is 0 Å². The van der Waals surface area contributed by atoms with Gasteiger partial charge in [-0.15, -0.1) is 0 Å². The molecule has 136 valence electrons. The zero-order chi connectivity index (χ0) is 18.7. The fraction of sp³-hybridized carbons (Fsp3) is 0.364. The van der Waals surface area contributed by atoms with E-state index in [1.165, 1.54) is 17.5 Å². The molecule has 2 aromatic rings. The summed E-state index contributed by atoms with van der Waals surface area (Å²) in [6, 6.07) is 13.1. The summed E-state index contributed by atoms with van der Waals surface area (Å²) in [6.07, 6.45) is 4.02. The number of carboxylic acids is 1. The molecule has 0 amide bonds. The largest absolute Gasteiger partial charge is 0.478 e. The van der Waals surface area contributed by atoms with Gasteiger partial charge in [0.25, 0.3) is 0 Å². The van der Waals surface area contributed by atoms with Crippen LogP contribution in [0.25, 0.3) is 0 Å². The van der Waals surface area contributed by atoms with E-state index in [1.54, 1.807) is 26.0 Å². The maximum Gasteiger partial charge on any atom is 0.347 e. The second-order valence-electron chi connectivity index (χ2n) is 7.07. The van der Waals surface area contributed by atoms with Gasteiger partial charge in [0.1, 0.15) is 5.75 Å². The molecule has 0 aliphatic heterocycles. The SMILES string of the molecule is CCC(C)(Oc1ccc(CC(=O)c2ccc3c(c2)CCC3)cc1)C(=O)O. The molecule has 0 radical (unpaired) electrons. The maximum absolute atomic E-state index is 12.6. The topological polar surface area (TPSA) is 63.6 Å². The van der Waals surface area contributed by atoms with E-state index in [1.807, 2.05) is 24.3 Å². The third kappa shape index (κ3) is 3.79. The van der Waals surface area contributed by atoms with Crippen LogP contribution in [0.3, 0.4) is 0 Å². The minimum atomic E-state index is -1.25. The van der Waals surface area contributed by atoms with Crippen LogP contribution in [0.5, 0.6) is 5.75 Å². The van der Waals surface area contributed by atoms with Gasteiger partial charge in [0, 0.05) is 12.0 Å². The number of carbonyl (C=O) groups is 2. The van der Waals surface area contributed by atoms with E-state index in [-0.39, 0.29) is 5.78 Å². The average molecular weight is 352 g/mol. The molecular formula is C22H24O4. The number of hydrogen-bond donors (Lipinski definition) is 1. The van der Waals surface area contributed by atoms with E-state index in [2.05, 4.69) is 6.07 Å². The van der Waals surface area contributed by atoms with E-state index in [4.69, 9.17) is 4.74 Å². The number of fused-ring (bicyclic) bond motifs is 1. The second-order valence-corrected chi connectivity index (χ2v) is 7.07. The fourth-order valence-electron chi connectivity index (χ4n) is 3.24. The second kappa shape index (κ2) is 7.32. The van der Waals surface area contributed by atoms with Crippen LogP contribution in [0, 0.1) is 0 Å². The lowest BCUT2D eigenvalue weighted by molar-refractivity contribution is -0.154. The van der Waals surface area contributed by atoms with Crippen molar-refractivity contribution >= 4 is 11.8 Å². The summed E-state index contributed by atoms with van der Waals surface area (Å²) in [7, 11) is 0. The van der Waals surface area contributed by atoms with Crippen LogP contribution in [0.15, 0.2) is 42.5 Å². The first-order valence-corrected chi connectivity index (χ1v) is 9.07. The highest BCUT2D eigenvalue weighted by Gasteiger charge is 2.33. The number of Topliss-reactive ketones (excluding diaryl/α,β-unsaturated/α-hetero) is 1. The van der Waals surface area contributed by atoms with E-state index in [9.17, 15) is 14.7 Å². The van der Waals surface area contributed by atoms with Crippen molar-refractivity contribution in [3.05, 3.63) is 64.7 Å². The van der Waals surface area contributed by atoms with Gasteiger partial charge in [0.2, 0.25) is 5.60 Å². The first-order chi connectivity index (χ1) is 12.4. The molecule has 0 spiro atoms. The first-order valence-electron chi connectivity index (χ1n) is 9.07. The number of ketones is 1. The quantitative estimate of drug-likeness (QED) is 0.757. The van der Waals surface area contributed by atoms with Gasteiger partial charge in [-0.05, 0) is 67.5 Å². The Morgan fingerprint density at radius 1 is 1.08 bits per heavy atom. The molecule has 1 unspecified atom stereocenters. The molecule has 0 heterocycles. The Bertz CT molecular complexity index is 823. The Hall–Kier alpha value is -2.62. The minimum Gasteiger partial charge on any atom is -0.478 e. The van der Waals surface area contributed by atoms with Crippen molar-refractivity contribution in [3.8, 4) is 5.75 Å². The highest BCUT2D eigenvalue weighted by molar-refractivity contribution is 5.97. The third-order valence-corrected chi connectivity index (χ3v) is 5.18. The fourth-order valence-corrected chi connectivity index (χ4v) is 3.24. The van der Waals surface area contributed by atoms with Crippen LogP contribution >= 0.6 is 0 Å². The first kappa shape index (κ1) is 18.2. The predicted octanol–water partition coefficient (Wildman–Crippen LogP) is 4.23. The molecule has 0 bridgehead atoms. The molecule has 0 saturated heterocycles. The highest BCUT2D eigenvalue weighted by Crippen LogP contribution is 2.25. The van der Waals surface area contributed by atoms with Crippen LogP contribution in [0.1, 0.15) is 53.7 Å². The van der Waals surface area contributed by atoms with E-state index in [0.717, 1.165) is 24.0 Å². The third-order valence-electron chi connectivity index (χ3n) is 5.18. The van der Waals surface area contributed by atoms with E-state index in [0.29, 0.717) is 18.6 Å². The maximum atomic E-state index is 12.6.